The highest BCUT2D eigenvalue weighted by Gasteiger charge is 2.38. The zero-order valence-electron chi connectivity index (χ0n) is 23.1. The number of nitrogens with one attached hydrogen (secondary N) is 2. The van der Waals surface area contributed by atoms with E-state index in [1.807, 2.05) is 6.26 Å². The quantitative estimate of drug-likeness (QED) is 0.365. The summed E-state index contributed by atoms with van der Waals surface area (Å²) in [5.74, 6) is 0.126. The van der Waals surface area contributed by atoms with E-state index >= 15 is 0 Å². The highest BCUT2D eigenvalue weighted by atomic mass is 32.2. The first kappa shape index (κ1) is 30.8. The molecule has 0 bridgehead atoms. The number of carbonyl (C=O) groups excluding carboxylic acids is 3. The van der Waals surface area contributed by atoms with Gasteiger partial charge in [0.2, 0.25) is 5.91 Å². The van der Waals surface area contributed by atoms with E-state index in [4.69, 9.17) is 9.47 Å². The lowest BCUT2D eigenvalue weighted by Gasteiger charge is -2.37. The molecule has 9 nitrogen and oxygen atoms in total. The maximum atomic E-state index is 14.0. The highest BCUT2D eigenvalue weighted by molar-refractivity contribution is 7.98. The standard InChI is InChI=1S/C28H39N3O6S/c1-18(2)31(26(34)22(16-17-38-7)30-27(35)37-28(3,4)5)24(21-10-8-9-11-23(21)32)25(33)29-19-12-14-20(36-6)15-13-19/h8-15,18,22,24,32H,16-17H2,1-7H3,(H,29,33)(H,30,35). The van der Waals surface area contributed by atoms with Crippen LogP contribution < -0.4 is 15.4 Å². The largest absolute Gasteiger partial charge is 0.508 e. The average molecular weight is 546 g/mol. The molecule has 0 aliphatic rings. The number of hydrogen-bond acceptors (Lipinski definition) is 7. The summed E-state index contributed by atoms with van der Waals surface area (Å²) in [5, 5.41) is 16.2. The third-order valence-electron chi connectivity index (χ3n) is 5.53. The number of benzene rings is 2. The minimum atomic E-state index is -1.18. The molecule has 0 spiro atoms. The van der Waals surface area contributed by atoms with Gasteiger partial charge in [-0.2, -0.15) is 11.8 Å². The maximum Gasteiger partial charge on any atom is 0.408 e. The SMILES string of the molecule is COc1ccc(NC(=O)C(c2ccccc2O)N(C(=O)C(CCSC)NC(=O)OC(C)(C)C)C(C)C)cc1. The number of anilines is 1. The van der Waals surface area contributed by atoms with Gasteiger partial charge in [-0.3, -0.25) is 9.59 Å². The predicted octanol–water partition coefficient (Wildman–Crippen LogP) is 4.96. The molecule has 2 aromatic carbocycles. The van der Waals surface area contributed by atoms with Crippen molar-refractivity contribution in [1.29, 1.82) is 0 Å². The van der Waals surface area contributed by atoms with Gasteiger partial charge < -0.3 is 30.1 Å². The van der Waals surface area contributed by atoms with Crippen molar-refractivity contribution < 1.29 is 29.0 Å². The second-order valence-corrected chi connectivity index (χ2v) is 11.0. The normalized spacial score (nSPS) is 12.8. The van der Waals surface area contributed by atoms with Crippen LogP contribution in [0.3, 0.4) is 0 Å². The van der Waals surface area contributed by atoms with Crippen LogP contribution in [0, 0.1) is 0 Å². The maximum absolute atomic E-state index is 14.0. The summed E-state index contributed by atoms with van der Waals surface area (Å²) in [6.45, 7) is 8.78. The first-order valence-corrected chi connectivity index (χ1v) is 13.8. The van der Waals surface area contributed by atoms with Gasteiger partial charge in [0.1, 0.15) is 29.2 Å². The van der Waals surface area contributed by atoms with E-state index in [2.05, 4.69) is 10.6 Å². The number of hydrogen-bond donors (Lipinski definition) is 3. The number of phenolic OH excluding ortho intramolecular Hbond substituents is 1. The Labute approximate surface area is 229 Å². The third-order valence-corrected chi connectivity index (χ3v) is 6.17. The van der Waals surface area contributed by atoms with Crippen molar-refractivity contribution in [2.45, 2.75) is 64.8 Å². The number of alkyl carbamates (subject to hydrolysis) is 1. The van der Waals surface area contributed by atoms with Crippen molar-refractivity contribution in [3.05, 3.63) is 54.1 Å². The Kier molecular flexibility index (Phi) is 11.3. The summed E-state index contributed by atoms with van der Waals surface area (Å²) in [6, 6.07) is 10.6. The van der Waals surface area contributed by atoms with E-state index in [1.54, 1.807) is 84.2 Å². The zero-order chi connectivity index (χ0) is 28.5. The number of para-hydroxylation sites is 1. The van der Waals surface area contributed by atoms with Gasteiger partial charge in [0.25, 0.3) is 5.91 Å². The van der Waals surface area contributed by atoms with Crippen LogP contribution in [0.15, 0.2) is 48.5 Å². The fourth-order valence-electron chi connectivity index (χ4n) is 3.82. The van der Waals surface area contributed by atoms with Crippen molar-refractivity contribution in [1.82, 2.24) is 10.2 Å². The lowest BCUT2D eigenvalue weighted by Crippen LogP contribution is -2.54. The van der Waals surface area contributed by atoms with Crippen molar-refractivity contribution in [3.8, 4) is 11.5 Å². The molecule has 10 heteroatoms. The Hall–Kier alpha value is -3.40. The number of ether oxygens (including phenoxy) is 2. The molecule has 0 aliphatic carbocycles. The van der Waals surface area contributed by atoms with E-state index in [0.29, 0.717) is 23.6 Å². The number of thioether (sulfide) groups is 1. The van der Waals surface area contributed by atoms with E-state index in [-0.39, 0.29) is 11.3 Å². The molecule has 2 aromatic rings. The minimum Gasteiger partial charge on any atom is -0.508 e. The molecule has 2 atom stereocenters. The summed E-state index contributed by atoms with van der Waals surface area (Å²) in [4.78, 5) is 41.8. The minimum absolute atomic E-state index is 0.124. The molecular formula is C28H39N3O6S. The number of phenols is 1. The highest BCUT2D eigenvalue weighted by Crippen LogP contribution is 2.32. The van der Waals surface area contributed by atoms with Crippen molar-refractivity contribution in [3.63, 3.8) is 0 Å². The summed E-state index contributed by atoms with van der Waals surface area (Å²) < 4.78 is 10.6. The van der Waals surface area contributed by atoms with Crippen LogP contribution in [0.2, 0.25) is 0 Å². The first-order chi connectivity index (χ1) is 17.9. The molecule has 3 amide bonds. The molecule has 3 N–H and O–H groups in total. The fourth-order valence-corrected chi connectivity index (χ4v) is 4.30. The molecule has 0 radical (unpaired) electrons. The van der Waals surface area contributed by atoms with Crippen molar-refractivity contribution in [2.24, 2.45) is 0 Å². The summed E-state index contributed by atoms with van der Waals surface area (Å²) >= 11 is 1.53. The van der Waals surface area contributed by atoms with Gasteiger partial charge in [-0.05, 0) is 83.4 Å². The summed E-state index contributed by atoms with van der Waals surface area (Å²) in [6.07, 6.45) is 1.51. The average Bonchev–Trinajstić information content (AvgIpc) is 2.84. The third kappa shape index (κ3) is 8.86. The van der Waals surface area contributed by atoms with Gasteiger partial charge in [0, 0.05) is 17.3 Å². The van der Waals surface area contributed by atoms with Crippen LogP contribution in [0.25, 0.3) is 0 Å². The molecule has 0 saturated heterocycles. The zero-order valence-corrected chi connectivity index (χ0v) is 23.9. The monoisotopic (exact) mass is 545 g/mol. The molecule has 38 heavy (non-hydrogen) atoms. The number of amides is 3. The van der Waals surface area contributed by atoms with Crippen LogP contribution in [0.5, 0.6) is 11.5 Å². The predicted molar refractivity (Wildman–Crippen MR) is 151 cm³/mol. The Balaban J connectivity index is 2.49. The topological polar surface area (TPSA) is 117 Å². The van der Waals surface area contributed by atoms with Crippen LogP contribution in [0.1, 0.15) is 52.6 Å². The first-order valence-electron chi connectivity index (χ1n) is 12.4. The molecule has 208 valence electrons. The van der Waals surface area contributed by atoms with Gasteiger partial charge >= 0.3 is 6.09 Å². The van der Waals surface area contributed by atoms with Gasteiger partial charge in [-0.25, -0.2) is 4.79 Å². The summed E-state index contributed by atoms with van der Waals surface area (Å²) in [5.41, 5.74) is 0.0190. The smallest absolute Gasteiger partial charge is 0.408 e. The second kappa shape index (κ2) is 13.9. The Morgan fingerprint density at radius 3 is 2.21 bits per heavy atom. The molecule has 2 unspecified atom stereocenters. The molecule has 0 saturated carbocycles. The van der Waals surface area contributed by atoms with Crippen LogP contribution in [0.4, 0.5) is 10.5 Å². The van der Waals surface area contributed by atoms with Crippen LogP contribution in [-0.2, 0) is 14.3 Å². The molecule has 0 aliphatic heterocycles. The van der Waals surface area contributed by atoms with Gasteiger partial charge in [-0.15, -0.1) is 0 Å². The van der Waals surface area contributed by atoms with Gasteiger partial charge in [0.05, 0.1) is 7.11 Å². The van der Waals surface area contributed by atoms with Crippen molar-refractivity contribution >= 4 is 35.4 Å². The Morgan fingerprint density at radius 2 is 1.68 bits per heavy atom. The number of rotatable bonds is 11. The van der Waals surface area contributed by atoms with Gasteiger partial charge in [0.15, 0.2) is 0 Å². The fraction of sp³-hybridized carbons (Fsp3) is 0.464. The number of methoxy groups -OCH3 is 1. The molecule has 0 heterocycles. The van der Waals surface area contributed by atoms with E-state index < -0.39 is 41.6 Å². The number of nitrogens with zero attached hydrogens (tertiary/aromatic N) is 1. The molecule has 0 aromatic heterocycles. The second-order valence-electron chi connectivity index (χ2n) is 10.00. The lowest BCUT2D eigenvalue weighted by atomic mass is 9.99. The number of aromatic hydroxyl groups is 1. The summed E-state index contributed by atoms with van der Waals surface area (Å²) in [7, 11) is 1.55. The lowest BCUT2D eigenvalue weighted by molar-refractivity contribution is -0.143. The van der Waals surface area contributed by atoms with Gasteiger partial charge in [-0.1, -0.05) is 18.2 Å². The Bertz CT molecular complexity index is 1080. The molecule has 2 rings (SSSR count). The van der Waals surface area contributed by atoms with Crippen molar-refractivity contribution in [2.75, 3.05) is 24.4 Å². The Morgan fingerprint density at radius 1 is 1.05 bits per heavy atom. The van der Waals surface area contributed by atoms with E-state index in [1.165, 1.54) is 22.7 Å². The molecular weight excluding hydrogens is 506 g/mol. The van der Waals surface area contributed by atoms with Crippen LogP contribution >= 0.6 is 11.8 Å². The number of carbonyl (C=O) groups is 3. The van der Waals surface area contributed by atoms with Crippen LogP contribution in [-0.4, -0.2) is 64.7 Å². The van der Waals surface area contributed by atoms with E-state index in [9.17, 15) is 19.5 Å². The van der Waals surface area contributed by atoms with E-state index in [0.717, 1.165) is 0 Å². The molecule has 0 fully saturated rings.